The molecule has 1 aromatic carbocycles. The molecule has 18 heavy (non-hydrogen) atoms. The van der Waals surface area contributed by atoms with Crippen molar-refractivity contribution in [3.8, 4) is 5.69 Å². The number of hydrogen-bond donors (Lipinski definition) is 1. The summed E-state index contributed by atoms with van der Waals surface area (Å²) in [6.45, 7) is 3.86. The summed E-state index contributed by atoms with van der Waals surface area (Å²) >= 11 is 3.17. The highest BCUT2D eigenvalue weighted by Crippen LogP contribution is 2.19. The van der Waals surface area contributed by atoms with E-state index in [1.165, 1.54) is 6.07 Å². The first-order valence-electron chi connectivity index (χ1n) is 5.91. The Morgan fingerprint density at radius 1 is 1.39 bits per heavy atom. The molecule has 0 aliphatic carbocycles. The number of aromatic nitrogens is 2. The highest BCUT2D eigenvalue weighted by atomic mass is 79.9. The second kappa shape index (κ2) is 6.11. The van der Waals surface area contributed by atoms with E-state index in [9.17, 15) is 4.39 Å². The van der Waals surface area contributed by atoms with Gasteiger partial charge in [0, 0.05) is 12.7 Å². The SMILES string of the molecule is CCCNCc1ccn(-c2ccc(F)c(Br)c2)n1. The van der Waals surface area contributed by atoms with E-state index < -0.39 is 0 Å². The third kappa shape index (κ3) is 3.17. The lowest BCUT2D eigenvalue weighted by Gasteiger charge is -2.03. The predicted molar refractivity (Wildman–Crippen MR) is 73.2 cm³/mol. The summed E-state index contributed by atoms with van der Waals surface area (Å²) < 4.78 is 15.3. The molecule has 0 atom stereocenters. The molecule has 1 aromatic heterocycles. The lowest BCUT2D eigenvalue weighted by atomic mass is 10.3. The summed E-state index contributed by atoms with van der Waals surface area (Å²) in [4.78, 5) is 0. The van der Waals surface area contributed by atoms with E-state index in [4.69, 9.17) is 0 Å². The summed E-state index contributed by atoms with van der Waals surface area (Å²) in [6, 6.07) is 6.80. The van der Waals surface area contributed by atoms with E-state index in [1.54, 1.807) is 16.8 Å². The van der Waals surface area contributed by atoms with Crippen LogP contribution < -0.4 is 5.32 Å². The predicted octanol–water partition coefficient (Wildman–Crippen LogP) is 3.27. The van der Waals surface area contributed by atoms with Crippen molar-refractivity contribution in [1.82, 2.24) is 15.1 Å². The third-order valence-electron chi connectivity index (χ3n) is 2.54. The monoisotopic (exact) mass is 311 g/mol. The van der Waals surface area contributed by atoms with Crippen LogP contribution in [-0.2, 0) is 6.54 Å². The van der Waals surface area contributed by atoms with Crippen LogP contribution in [0.4, 0.5) is 4.39 Å². The van der Waals surface area contributed by atoms with Gasteiger partial charge in [0.2, 0.25) is 0 Å². The van der Waals surface area contributed by atoms with Gasteiger partial charge in [0.05, 0.1) is 15.9 Å². The molecule has 2 rings (SSSR count). The van der Waals surface area contributed by atoms with Gasteiger partial charge in [-0.05, 0) is 53.2 Å². The van der Waals surface area contributed by atoms with E-state index >= 15 is 0 Å². The van der Waals surface area contributed by atoms with Gasteiger partial charge < -0.3 is 5.32 Å². The van der Waals surface area contributed by atoms with Crippen LogP contribution in [0.1, 0.15) is 19.0 Å². The molecule has 0 spiro atoms. The Hall–Kier alpha value is -1.20. The average Bonchev–Trinajstić information content (AvgIpc) is 2.82. The van der Waals surface area contributed by atoms with Crippen molar-refractivity contribution in [2.45, 2.75) is 19.9 Å². The Morgan fingerprint density at radius 2 is 2.22 bits per heavy atom. The maximum atomic E-state index is 13.1. The summed E-state index contributed by atoms with van der Waals surface area (Å²) in [5.41, 5.74) is 1.81. The first-order chi connectivity index (χ1) is 8.70. The highest BCUT2D eigenvalue weighted by molar-refractivity contribution is 9.10. The fourth-order valence-corrected chi connectivity index (χ4v) is 1.99. The Morgan fingerprint density at radius 3 is 2.94 bits per heavy atom. The molecule has 1 heterocycles. The molecular weight excluding hydrogens is 297 g/mol. The molecule has 0 fully saturated rings. The van der Waals surface area contributed by atoms with Crippen molar-refractivity contribution in [1.29, 1.82) is 0 Å². The molecule has 0 saturated heterocycles. The molecule has 0 aliphatic rings. The molecule has 0 saturated carbocycles. The van der Waals surface area contributed by atoms with Crippen molar-refractivity contribution >= 4 is 15.9 Å². The molecule has 96 valence electrons. The van der Waals surface area contributed by atoms with Gasteiger partial charge in [-0.25, -0.2) is 9.07 Å². The first kappa shape index (κ1) is 13.2. The standard InChI is InChI=1S/C13H15BrFN3/c1-2-6-16-9-10-5-7-18(17-10)11-3-4-13(15)12(14)8-11/h3-5,7-8,16H,2,6,9H2,1H3. The molecule has 3 nitrogen and oxygen atoms in total. The van der Waals surface area contributed by atoms with Crippen molar-refractivity contribution in [3.05, 3.63) is 46.4 Å². The number of halogens is 2. The highest BCUT2D eigenvalue weighted by Gasteiger charge is 2.04. The minimum absolute atomic E-state index is 0.268. The van der Waals surface area contributed by atoms with E-state index in [2.05, 4.69) is 33.3 Å². The Balaban J connectivity index is 2.11. The second-order valence-electron chi connectivity index (χ2n) is 4.03. The van der Waals surface area contributed by atoms with Crippen LogP contribution in [0.15, 0.2) is 34.9 Å². The normalized spacial score (nSPS) is 10.8. The average molecular weight is 312 g/mol. The lowest BCUT2D eigenvalue weighted by molar-refractivity contribution is 0.620. The smallest absolute Gasteiger partial charge is 0.137 e. The van der Waals surface area contributed by atoms with Crippen LogP contribution in [0, 0.1) is 5.82 Å². The van der Waals surface area contributed by atoms with Gasteiger partial charge >= 0.3 is 0 Å². The quantitative estimate of drug-likeness (QED) is 0.859. The zero-order valence-electron chi connectivity index (χ0n) is 10.2. The minimum atomic E-state index is -0.268. The maximum absolute atomic E-state index is 13.1. The van der Waals surface area contributed by atoms with Gasteiger partial charge in [0.1, 0.15) is 5.82 Å². The third-order valence-corrected chi connectivity index (χ3v) is 3.15. The van der Waals surface area contributed by atoms with Gasteiger partial charge in [-0.3, -0.25) is 0 Å². The minimum Gasteiger partial charge on any atom is -0.311 e. The number of hydrogen-bond acceptors (Lipinski definition) is 2. The maximum Gasteiger partial charge on any atom is 0.137 e. The number of benzene rings is 1. The molecule has 2 aromatic rings. The molecule has 5 heteroatoms. The largest absolute Gasteiger partial charge is 0.311 e. The topological polar surface area (TPSA) is 29.9 Å². The van der Waals surface area contributed by atoms with Crippen LogP contribution in [0.25, 0.3) is 5.69 Å². The Kier molecular flexibility index (Phi) is 4.49. The molecule has 0 amide bonds. The lowest BCUT2D eigenvalue weighted by Crippen LogP contribution is -2.14. The van der Waals surface area contributed by atoms with Gasteiger partial charge in [0.25, 0.3) is 0 Å². The second-order valence-corrected chi connectivity index (χ2v) is 4.88. The summed E-state index contributed by atoms with van der Waals surface area (Å²) in [7, 11) is 0. The van der Waals surface area contributed by atoms with E-state index in [0.29, 0.717) is 4.47 Å². The van der Waals surface area contributed by atoms with Gasteiger partial charge in [-0.1, -0.05) is 6.92 Å². The van der Waals surface area contributed by atoms with E-state index in [-0.39, 0.29) is 5.82 Å². The summed E-state index contributed by atoms with van der Waals surface area (Å²) in [5.74, 6) is -0.268. The number of nitrogens with zero attached hydrogens (tertiary/aromatic N) is 2. The van der Waals surface area contributed by atoms with Crippen LogP contribution in [-0.4, -0.2) is 16.3 Å². The Bertz CT molecular complexity index is 525. The van der Waals surface area contributed by atoms with Gasteiger partial charge in [-0.2, -0.15) is 5.10 Å². The van der Waals surface area contributed by atoms with Gasteiger partial charge in [-0.15, -0.1) is 0 Å². The number of rotatable bonds is 5. The van der Waals surface area contributed by atoms with Crippen LogP contribution in [0.2, 0.25) is 0 Å². The van der Waals surface area contributed by atoms with Crippen molar-refractivity contribution in [2.24, 2.45) is 0 Å². The van der Waals surface area contributed by atoms with Crippen molar-refractivity contribution in [2.75, 3.05) is 6.54 Å². The van der Waals surface area contributed by atoms with E-state index in [1.807, 2.05) is 12.3 Å². The van der Waals surface area contributed by atoms with Crippen molar-refractivity contribution < 1.29 is 4.39 Å². The zero-order chi connectivity index (χ0) is 13.0. The summed E-state index contributed by atoms with van der Waals surface area (Å²) in [6.07, 6.45) is 2.98. The molecule has 0 unspecified atom stereocenters. The fraction of sp³-hybridized carbons (Fsp3) is 0.308. The van der Waals surface area contributed by atoms with E-state index in [0.717, 1.165) is 30.9 Å². The van der Waals surface area contributed by atoms with Crippen LogP contribution in [0.3, 0.4) is 0 Å². The zero-order valence-corrected chi connectivity index (χ0v) is 11.7. The molecule has 0 aliphatic heterocycles. The van der Waals surface area contributed by atoms with Crippen molar-refractivity contribution in [3.63, 3.8) is 0 Å². The van der Waals surface area contributed by atoms with Crippen LogP contribution in [0.5, 0.6) is 0 Å². The molecule has 1 N–H and O–H groups in total. The molecular formula is C13H15BrFN3. The Labute approximate surface area is 114 Å². The van der Waals surface area contributed by atoms with Gasteiger partial charge in [0.15, 0.2) is 0 Å². The molecule has 0 radical (unpaired) electrons. The van der Waals surface area contributed by atoms with Crippen LogP contribution >= 0.6 is 15.9 Å². The first-order valence-corrected chi connectivity index (χ1v) is 6.70. The molecule has 0 bridgehead atoms. The number of nitrogens with one attached hydrogen (secondary N) is 1. The summed E-state index contributed by atoms with van der Waals surface area (Å²) in [5, 5.41) is 7.73. The fourth-order valence-electron chi connectivity index (χ4n) is 1.62.